The summed E-state index contributed by atoms with van der Waals surface area (Å²) in [7, 11) is 0. The molecule has 80 valence electrons. The fourth-order valence-electron chi connectivity index (χ4n) is 1.11. The zero-order chi connectivity index (χ0) is 10.8. The Morgan fingerprint density at radius 2 is 2.14 bits per heavy atom. The van der Waals surface area contributed by atoms with Gasteiger partial charge in [-0.1, -0.05) is 27.7 Å². The Balaban J connectivity index is 2.85. The maximum absolute atomic E-state index is 5.50. The molecule has 0 saturated carbocycles. The Morgan fingerprint density at radius 1 is 1.50 bits per heavy atom. The molecule has 1 heterocycles. The topological polar surface area (TPSA) is 38.9 Å². The van der Waals surface area contributed by atoms with E-state index in [0.29, 0.717) is 12.5 Å². The number of aromatic nitrogens is 1. The van der Waals surface area contributed by atoms with Gasteiger partial charge in [-0.25, -0.2) is 4.98 Å². The van der Waals surface area contributed by atoms with Gasteiger partial charge in [-0.2, -0.15) is 0 Å². The maximum atomic E-state index is 5.50. The molecule has 0 amide bonds. The summed E-state index contributed by atoms with van der Waals surface area (Å²) >= 11 is 1.76. The molecule has 2 nitrogen and oxygen atoms in total. The second-order valence-corrected chi connectivity index (χ2v) is 5.42. The molecule has 0 saturated heterocycles. The maximum Gasteiger partial charge on any atom is 0.0987 e. The summed E-state index contributed by atoms with van der Waals surface area (Å²) in [5.74, 6) is 0.611. The summed E-state index contributed by atoms with van der Waals surface area (Å²) in [5, 5.41) is 3.36. The van der Waals surface area contributed by atoms with Crippen LogP contribution in [-0.4, -0.2) is 11.5 Å². The van der Waals surface area contributed by atoms with Crippen molar-refractivity contribution < 1.29 is 0 Å². The Kier molecular flexibility index (Phi) is 3.67. The van der Waals surface area contributed by atoms with E-state index in [2.05, 4.69) is 38.1 Å². The summed E-state index contributed by atoms with van der Waals surface area (Å²) in [6.45, 7) is 9.67. The summed E-state index contributed by atoms with van der Waals surface area (Å²) in [5.41, 5.74) is 6.82. The van der Waals surface area contributed by atoms with Crippen molar-refractivity contribution in [2.45, 2.75) is 39.5 Å². The van der Waals surface area contributed by atoms with Gasteiger partial charge in [0.25, 0.3) is 0 Å². The molecule has 0 bridgehead atoms. The van der Waals surface area contributed by atoms with Crippen molar-refractivity contribution in [3.05, 3.63) is 16.1 Å². The monoisotopic (exact) mass is 212 g/mol. The van der Waals surface area contributed by atoms with Gasteiger partial charge in [0.2, 0.25) is 0 Å². The molecule has 3 heteroatoms. The highest BCUT2D eigenvalue weighted by Gasteiger charge is 2.27. The minimum absolute atomic E-state index is 0.178. The van der Waals surface area contributed by atoms with Crippen LogP contribution in [0.2, 0.25) is 0 Å². The summed E-state index contributed by atoms with van der Waals surface area (Å²) in [6, 6.07) is 0. The molecule has 1 aromatic rings. The predicted octanol–water partition coefficient (Wildman–Crippen LogP) is 2.58. The Labute approximate surface area is 90.6 Å². The third-order valence-corrected chi connectivity index (χ3v) is 4.18. The van der Waals surface area contributed by atoms with Gasteiger partial charge in [-0.15, -0.1) is 11.3 Å². The second kappa shape index (κ2) is 4.41. The first kappa shape index (κ1) is 11.7. The highest BCUT2D eigenvalue weighted by Crippen LogP contribution is 2.33. The Bertz CT molecular complexity index is 289. The molecular formula is C11H20N2S. The molecule has 0 unspecified atom stereocenters. The van der Waals surface area contributed by atoms with E-state index in [4.69, 9.17) is 5.73 Å². The lowest BCUT2D eigenvalue weighted by Gasteiger charge is -2.26. The lowest BCUT2D eigenvalue weighted by molar-refractivity contribution is 0.370. The summed E-state index contributed by atoms with van der Waals surface area (Å²) in [6.07, 6.45) is 0.894. The van der Waals surface area contributed by atoms with Crippen molar-refractivity contribution in [1.29, 1.82) is 0 Å². The third-order valence-electron chi connectivity index (χ3n) is 2.95. The van der Waals surface area contributed by atoms with Gasteiger partial charge >= 0.3 is 0 Å². The van der Waals surface area contributed by atoms with Crippen molar-refractivity contribution >= 4 is 11.3 Å². The van der Waals surface area contributed by atoms with Crippen molar-refractivity contribution in [2.75, 3.05) is 6.54 Å². The van der Waals surface area contributed by atoms with Gasteiger partial charge < -0.3 is 5.73 Å². The summed E-state index contributed by atoms with van der Waals surface area (Å²) < 4.78 is 0. The van der Waals surface area contributed by atoms with Crippen LogP contribution in [0.25, 0.3) is 0 Å². The molecule has 0 aliphatic rings. The molecule has 1 aromatic heterocycles. The van der Waals surface area contributed by atoms with E-state index < -0.39 is 0 Å². The zero-order valence-electron chi connectivity index (χ0n) is 9.50. The molecular weight excluding hydrogens is 192 g/mol. The highest BCUT2D eigenvalue weighted by atomic mass is 32.1. The van der Waals surface area contributed by atoms with Gasteiger partial charge in [0.1, 0.15) is 0 Å². The summed E-state index contributed by atoms with van der Waals surface area (Å²) in [4.78, 5) is 4.63. The number of hydrogen-bond acceptors (Lipinski definition) is 3. The van der Waals surface area contributed by atoms with Crippen LogP contribution in [-0.2, 0) is 11.8 Å². The second-order valence-electron chi connectivity index (χ2n) is 4.56. The van der Waals surface area contributed by atoms with Crippen LogP contribution in [0.15, 0.2) is 5.38 Å². The van der Waals surface area contributed by atoms with Gasteiger partial charge in [0, 0.05) is 17.2 Å². The van der Waals surface area contributed by atoms with E-state index >= 15 is 0 Å². The van der Waals surface area contributed by atoms with E-state index in [0.717, 1.165) is 12.1 Å². The lowest BCUT2D eigenvalue weighted by atomic mass is 9.82. The fraction of sp³-hybridized carbons (Fsp3) is 0.727. The molecule has 1 rings (SSSR count). The van der Waals surface area contributed by atoms with Crippen molar-refractivity contribution in [1.82, 2.24) is 4.98 Å². The SMILES string of the molecule is CC(C)C(C)(C)c1nc(CCN)cs1. The van der Waals surface area contributed by atoms with Crippen LogP contribution < -0.4 is 5.73 Å². The first-order valence-corrected chi connectivity index (χ1v) is 6.01. The third kappa shape index (κ3) is 2.34. The largest absolute Gasteiger partial charge is 0.330 e. The van der Waals surface area contributed by atoms with E-state index in [-0.39, 0.29) is 5.41 Å². The standard InChI is InChI=1S/C11H20N2S/c1-8(2)11(3,4)10-13-9(5-6-12)7-14-10/h7-8H,5-6,12H2,1-4H3. The van der Waals surface area contributed by atoms with Crippen LogP contribution in [0.4, 0.5) is 0 Å². The van der Waals surface area contributed by atoms with Gasteiger partial charge in [-0.05, 0) is 12.5 Å². The molecule has 0 aliphatic heterocycles. The number of hydrogen-bond donors (Lipinski definition) is 1. The first-order chi connectivity index (χ1) is 6.48. The predicted molar refractivity (Wildman–Crippen MR) is 62.7 cm³/mol. The molecule has 0 spiro atoms. The molecule has 0 fully saturated rings. The first-order valence-electron chi connectivity index (χ1n) is 5.13. The van der Waals surface area contributed by atoms with Crippen LogP contribution >= 0.6 is 11.3 Å². The lowest BCUT2D eigenvalue weighted by Crippen LogP contribution is -2.24. The Hall–Kier alpha value is -0.410. The van der Waals surface area contributed by atoms with Crippen molar-refractivity contribution in [3.8, 4) is 0 Å². The quantitative estimate of drug-likeness (QED) is 0.833. The van der Waals surface area contributed by atoms with E-state index in [1.165, 1.54) is 5.01 Å². The van der Waals surface area contributed by atoms with Crippen LogP contribution in [0.1, 0.15) is 38.4 Å². The van der Waals surface area contributed by atoms with Crippen molar-refractivity contribution in [3.63, 3.8) is 0 Å². The molecule has 14 heavy (non-hydrogen) atoms. The fourth-order valence-corrected chi connectivity index (χ4v) is 2.24. The van der Waals surface area contributed by atoms with Crippen LogP contribution in [0, 0.1) is 5.92 Å². The van der Waals surface area contributed by atoms with Crippen molar-refractivity contribution in [2.24, 2.45) is 11.7 Å². The van der Waals surface area contributed by atoms with E-state index in [1.54, 1.807) is 11.3 Å². The number of rotatable bonds is 4. The smallest absolute Gasteiger partial charge is 0.0987 e. The van der Waals surface area contributed by atoms with Gasteiger partial charge in [0.05, 0.1) is 10.7 Å². The number of thiazole rings is 1. The minimum Gasteiger partial charge on any atom is -0.330 e. The average molecular weight is 212 g/mol. The number of nitrogens with zero attached hydrogens (tertiary/aromatic N) is 1. The molecule has 0 aromatic carbocycles. The normalized spacial score (nSPS) is 12.4. The zero-order valence-corrected chi connectivity index (χ0v) is 10.3. The Morgan fingerprint density at radius 3 is 2.64 bits per heavy atom. The van der Waals surface area contributed by atoms with Crippen LogP contribution in [0.5, 0.6) is 0 Å². The molecule has 2 N–H and O–H groups in total. The molecule has 0 radical (unpaired) electrons. The average Bonchev–Trinajstić information content (AvgIpc) is 2.53. The minimum atomic E-state index is 0.178. The van der Waals surface area contributed by atoms with Crippen LogP contribution in [0.3, 0.4) is 0 Å². The van der Waals surface area contributed by atoms with E-state index in [1.807, 2.05) is 0 Å². The highest BCUT2D eigenvalue weighted by molar-refractivity contribution is 7.09. The van der Waals surface area contributed by atoms with Gasteiger partial charge in [-0.3, -0.25) is 0 Å². The molecule has 0 atom stereocenters. The van der Waals surface area contributed by atoms with Gasteiger partial charge in [0.15, 0.2) is 0 Å². The van der Waals surface area contributed by atoms with E-state index in [9.17, 15) is 0 Å². The molecule has 0 aliphatic carbocycles. The number of nitrogens with two attached hydrogens (primary N) is 1.